The van der Waals surface area contributed by atoms with Gasteiger partial charge in [-0.05, 0) is 43.1 Å². The zero-order valence-electron chi connectivity index (χ0n) is 16.6. The second-order valence-corrected chi connectivity index (χ2v) is 9.90. The average molecular weight is 408 g/mol. The zero-order valence-corrected chi connectivity index (χ0v) is 18.3. The van der Waals surface area contributed by atoms with Crippen LogP contribution < -0.4 is 10.9 Å². The number of nitrogens with one attached hydrogen (secondary N) is 1. The number of thiophene rings is 1. The van der Waals surface area contributed by atoms with Gasteiger partial charge in [-0.25, -0.2) is 4.98 Å². The van der Waals surface area contributed by atoms with E-state index >= 15 is 0 Å². The molecule has 2 heterocycles. The molecular formula is C20H29N3O2S2. The standard InChI is InChI=1S/C20H29N3O2S2/c1-5-8-21-16(24)11-26-20-22-18-17(19(25)23(20)10-12(2)3)14-7-6-13(4)9-15(14)27-18/h12-13H,5-11H2,1-4H3,(H,21,24)/t13-/m1/s1. The Bertz CT molecular complexity index is 885. The van der Waals surface area contributed by atoms with Gasteiger partial charge in [0.05, 0.1) is 11.1 Å². The first-order chi connectivity index (χ1) is 12.9. The fourth-order valence-corrected chi connectivity index (χ4v) is 5.75. The third kappa shape index (κ3) is 4.57. The van der Waals surface area contributed by atoms with Crippen molar-refractivity contribution in [3.63, 3.8) is 0 Å². The fraction of sp³-hybridized carbons (Fsp3) is 0.650. The molecule has 1 atom stereocenters. The predicted molar refractivity (Wildman–Crippen MR) is 114 cm³/mol. The highest BCUT2D eigenvalue weighted by Crippen LogP contribution is 2.36. The van der Waals surface area contributed by atoms with E-state index in [4.69, 9.17) is 4.98 Å². The van der Waals surface area contributed by atoms with E-state index in [2.05, 4.69) is 26.1 Å². The lowest BCUT2D eigenvalue weighted by Crippen LogP contribution is -2.28. The summed E-state index contributed by atoms with van der Waals surface area (Å²) in [6, 6.07) is 0. The number of carbonyl (C=O) groups is 1. The minimum Gasteiger partial charge on any atom is -0.355 e. The van der Waals surface area contributed by atoms with Gasteiger partial charge in [0, 0.05) is 18.0 Å². The van der Waals surface area contributed by atoms with Crippen molar-refractivity contribution in [2.24, 2.45) is 11.8 Å². The average Bonchev–Trinajstić information content (AvgIpc) is 2.97. The van der Waals surface area contributed by atoms with Crippen LogP contribution in [0.3, 0.4) is 0 Å². The van der Waals surface area contributed by atoms with Gasteiger partial charge in [0.2, 0.25) is 5.91 Å². The molecule has 3 rings (SSSR count). The van der Waals surface area contributed by atoms with Crippen molar-refractivity contribution in [1.29, 1.82) is 0 Å². The molecule has 0 unspecified atom stereocenters. The van der Waals surface area contributed by atoms with Crippen molar-refractivity contribution in [3.05, 3.63) is 20.8 Å². The topological polar surface area (TPSA) is 64.0 Å². The van der Waals surface area contributed by atoms with Crippen molar-refractivity contribution in [2.75, 3.05) is 12.3 Å². The largest absolute Gasteiger partial charge is 0.355 e. The summed E-state index contributed by atoms with van der Waals surface area (Å²) >= 11 is 3.04. The van der Waals surface area contributed by atoms with E-state index in [-0.39, 0.29) is 17.2 Å². The molecule has 0 aromatic carbocycles. The van der Waals surface area contributed by atoms with Gasteiger partial charge in [-0.1, -0.05) is 39.5 Å². The first kappa shape index (κ1) is 20.4. The van der Waals surface area contributed by atoms with Crippen LogP contribution in [0.25, 0.3) is 10.2 Å². The number of aryl methyl sites for hydroxylation is 1. The van der Waals surface area contributed by atoms with E-state index in [0.29, 0.717) is 30.1 Å². The molecule has 1 N–H and O–H groups in total. The number of thioether (sulfide) groups is 1. The molecule has 5 nitrogen and oxygen atoms in total. The highest BCUT2D eigenvalue weighted by Gasteiger charge is 2.25. The summed E-state index contributed by atoms with van der Waals surface area (Å²) < 4.78 is 1.79. The molecule has 0 aliphatic heterocycles. The molecule has 0 spiro atoms. The van der Waals surface area contributed by atoms with Crippen molar-refractivity contribution in [3.8, 4) is 0 Å². The van der Waals surface area contributed by atoms with Gasteiger partial charge in [-0.15, -0.1) is 11.3 Å². The number of hydrogen-bond acceptors (Lipinski definition) is 5. The van der Waals surface area contributed by atoms with E-state index in [1.165, 1.54) is 22.2 Å². The highest BCUT2D eigenvalue weighted by atomic mass is 32.2. The Morgan fingerprint density at radius 3 is 2.93 bits per heavy atom. The molecule has 2 aromatic heterocycles. The molecule has 7 heteroatoms. The lowest BCUT2D eigenvalue weighted by atomic mass is 9.89. The minimum absolute atomic E-state index is 0.00779. The van der Waals surface area contributed by atoms with E-state index in [1.807, 2.05) is 6.92 Å². The van der Waals surface area contributed by atoms with E-state index in [9.17, 15) is 9.59 Å². The Morgan fingerprint density at radius 1 is 1.44 bits per heavy atom. The number of aromatic nitrogens is 2. The van der Waals surface area contributed by atoms with Crippen LogP contribution in [0.5, 0.6) is 0 Å². The van der Waals surface area contributed by atoms with Crippen LogP contribution in [-0.2, 0) is 24.2 Å². The molecule has 1 amide bonds. The van der Waals surface area contributed by atoms with Crippen molar-refractivity contribution in [2.45, 2.75) is 65.1 Å². The smallest absolute Gasteiger partial charge is 0.263 e. The Hall–Kier alpha value is -1.34. The Labute approximate surface area is 169 Å². The zero-order chi connectivity index (χ0) is 19.6. The molecule has 0 bridgehead atoms. The molecular weight excluding hydrogens is 378 g/mol. The highest BCUT2D eigenvalue weighted by molar-refractivity contribution is 7.99. The lowest BCUT2D eigenvalue weighted by Gasteiger charge is -2.18. The summed E-state index contributed by atoms with van der Waals surface area (Å²) in [7, 11) is 0. The monoisotopic (exact) mass is 407 g/mol. The number of nitrogens with zero attached hydrogens (tertiary/aromatic N) is 2. The molecule has 0 saturated carbocycles. The first-order valence-corrected chi connectivity index (χ1v) is 11.7. The van der Waals surface area contributed by atoms with Crippen molar-refractivity contribution in [1.82, 2.24) is 14.9 Å². The lowest BCUT2D eigenvalue weighted by molar-refractivity contribution is -0.118. The van der Waals surface area contributed by atoms with Crippen LogP contribution in [0.4, 0.5) is 0 Å². The summed E-state index contributed by atoms with van der Waals surface area (Å²) in [4.78, 5) is 32.3. The molecule has 148 valence electrons. The number of amides is 1. The summed E-state index contributed by atoms with van der Waals surface area (Å²) in [6.07, 6.45) is 4.07. The van der Waals surface area contributed by atoms with Crippen LogP contribution in [0, 0.1) is 11.8 Å². The molecule has 27 heavy (non-hydrogen) atoms. The number of hydrogen-bond donors (Lipinski definition) is 1. The Balaban J connectivity index is 1.99. The normalized spacial score (nSPS) is 16.7. The van der Waals surface area contributed by atoms with E-state index in [0.717, 1.165) is 35.9 Å². The number of fused-ring (bicyclic) bond motifs is 3. The number of rotatable bonds is 7. The minimum atomic E-state index is -0.00779. The summed E-state index contributed by atoms with van der Waals surface area (Å²) in [5.74, 6) is 1.29. The maximum absolute atomic E-state index is 13.3. The van der Waals surface area contributed by atoms with Crippen LogP contribution >= 0.6 is 23.1 Å². The van der Waals surface area contributed by atoms with Gasteiger partial charge in [0.1, 0.15) is 4.83 Å². The summed E-state index contributed by atoms with van der Waals surface area (Å²) in [5, 5.41) is 4.37. The Morgan fingerprint density at radius 2 is 2.22 bits per heavy atom. The second-order valence-electron chi connectivity index (χ2n) is 7.87. The quantitative estimate of drug-likeness (QED) is 0.559. The van der Waals surface area contributed by atoms with Gasteiger partial charge in [0.15, 0.2) is 5.16 Å². The second kappa shape index (κ2) is 8.78. The van der Waals surface area contributed by atoms with E-state index < -0.39 is 0 Å². The van der Waals surface area contributed by atoms with Crippen molar-refractivity contribution < 1.29 is 4.79 Å². The van der Waals surface area contributed by atoms with Gasteiger partial charge >= 0.3 is 0 Å². The molecule has 0 fully saturated rings. The molecule has 1 aliphatic rings. The maximum Gasteiger partial charge on any atom is 0.263 e. The summed E-state index contributed by atoms with van der Waals surface area (Å²) in [5.41, 5.74) is 1.29. The molecule has 0 radical (unpaired) electrons. The van der Waals surface area contributed by atoms with Gasteiger partial charge in [-0.3, -0.25) is 14.2 Å². The SMILES string of the molecule is CCCNC(=O)CSc1nc2sc3c(c2c(=O)n1CC(C)C)CC[C@@H](C)C3. The molecule has 1 aliphatic carbocycles. The van der Waals surface area contributed by atoms with Crippen LogP contribution in [0.1, 0.15) is 51.0 Å². The van der Waals surface area contributed by atoms with Gasteiger partial charge < -0.3 is 5.32 Å². The van der Waals surface area contributed by atoms with Gasteiger partial charge in [0.25, 0.3) is 5.56 Å². The maximum atomic E-state index is 13.3. The first-order valence-electron chi connectivity index (χ1n) is 9.85. The molecule has 2 aromatic rings. The third-order valence-electron chi connectivity index (χ3n) is 4.83. The van der Waals surface area contributed by atoms with Crippen molar-refractivity contribution >= 4 is 39.2 Å². The predicted octanol–water partition coefficient (Wildman–Crippen LogP) is 3.86. The number of carbonyl (C=O) groups excluding carboxylic acids is 1. The van der Waals surface area contributed by atoms with Crippen LogP contribution in [0.15, 0.2) is 9.95 Å². The fourth-order valence-electron chi connectivity index (χ4n) is 3.49. The summed E-state index contributed by atoms with van der Waals surface area (Å²) in [6.45, 7) is 9.81. The molecule has 0 saturated heterocycles. The van der Waals surface area contributed by atoms with Gasteiger partial charge in [-0.2, -0.15) is 0 Å². The Kier molecular flexibility index (Phi) is 6.63. The van der Waals surface area contributed by atoms with Crippen LogP contribution in [0.2, 0.25) is 0 Å². The van der Waals surface area contributed by atoms with E-state index in [1.54, 1.807) is 15.9 Å². The van der Waals surface area contributed by atoms with Crippen LogP contribution in [-0.4, -0.2) is 27.8 Å². The third-order valence-corrected chi connectivity index (χ3v) is 6.96.